The second-order valence-electron chi connectivity index (χ2n) is 16.6. The van der Waals surface area contributed by atoms with Gasteiger partial charge in [0.2, 0.25) is 0 Å². The van der Waals surface area contributed by atoms with Gasteiger partial charge in [0.15, 0.2) is 6.10 Å². The van der Waals surface area contributed by atoms with E-state index in [2.05, 4.69) is 63.3 Å². The molecule has 0 spiro atoms. The van der Waals surface area contributed by atoms with E-state index >= 15 is 0 Å². The van der Waals surface area contributed by atoms with E-state index < -0.39 is 57.8 Å². The summed E-state index contributed by atoms with van der Waals surface area (Å²) < 4.78 is 39.1. The lowest BCUT2D eigenvalue weighted by molar-refractivity contribution is -0.161. The minimum Gasteiger partial charge on any atom is -0.461 e. The summed E-state index contributed by atoms with van der Waals surface area (Å²) in [6, 6.07) is 0. The van der Waals surface area contributed by atoms with Crippen LogP contribution in [0.3, 0.4) is 0 Å². The first-order chi connectivity index (χ1) is 31.2. The fourth-order valence-corrected chi connectivity index (χ4v) is 7.45. The molecule has 3 atom stereocenters. The van der Waals surface area contributed by atoms with Gasteiger partial charge in [0.25, 0.3) is 0 Å². The number of carbonyl (C=O) groups excluding carboxylic acids is 3. The minimum absolute atomic E-state index is 0.00405. The van der Waals surface area contributed by atoms with Crippen molar-refractivity contribution >= 4 is 25.7 Å². The van der Waals surface area contributed by atoms with Crippen LogP contribution in [0.2, 0.25) is 0 Å². The molecule has 0 aliphatic rings. The van der Waals surface area contributed by atoms with E-state index in [1.807, 2.05) is 12.2 Å². The molecule has 0 amide bonds. The third-order valence-electron chi connectivity index (χ3n) is 10.5. The van der Waals surface area contributed by atoms with Crippen molar-refractivity contribution in [3.8, 4) is 0 Å². The average molecular weight is 923 g/mol. The van der Waals surface area contributed by atoms with E-state index in [4.69, 9.17) is 23.3 Å². The number of aliphatic hydroxyl groups is 1. The summed E-state index contributed by atoms with van der Waals surface area (Å²) in [5, 5.41) is 9.74. The second kappa shape index (κ2) is 46.7. The summed E-state index contributed by atoms with van der Waals surface area (Å²) in [5.41, 5.74) is 0. The molecule has 0 saturated heterocycles. The molecular weight excluding hydrogens is 832 g/mol. The molecule has 12 heteroatoms. The Balaban J connectivity index is 4.84. The molecule has 0 radical (unpaired) electrons. The Morgan fingerprint density at radius 2 is 0.797 bits per heavy atom. The molecule has 0 aromatic heterocycles. The number of phosphoric ester groups is 1. The summed E-state index contributed by atoms with van der Waals surface area (Å²) >= 11 is 0. The highest BCUT2D eigenvalue weighted by molar-refractivity contribution is 7.47. The number of unbranched alkanes of at least 4 members (excludes halogenated alkanes) is 20. The quantitative estimate of drug-likeness (QED) is 0.0197. The van der Waals surface area contributed by atoms with Crippen molar-refractivity contribution in [2.24, 2.45) is 0 Å². The lowest BCUT2D eigenvalue weighted by Crippen LogP contribution is -2.30. The number of rotatable bonds is 46. The number of allylic oxidation sites excluding steroid dienone is 9. The predicted octanol–water partition coefficient (Wildman–Crippen LogP) is 14.0. The lowest BCUT2D eigenvalue weighted by Gasteiger charge is -2.21. The van der Waals surface area contributed by atoms with E-state index in [-0.39, 0.29) is 25.9 Å². The molecule has 2 N–H and O–H groups in total. The largest absolute Gasteiger partial charge is 0.472 e. The zero-order valence-corrected chi connectivity index (χ0v) is 41.4. The number of esters is 3. The van der Waals surface area contributed by atoms with Gasteiger partial charge in [-0.05, 0) is 44.9 Å². The number of aliphatic hydroxyl groups excluding tert-OH is 1. The smallest absolute Gasteiger partial charge is 0.461 e. The Labute approximate surface area is 389 Å². The topological polar surface area (TPSA) is 155 Å². The van der Waals surface area contributed by atoms with Gasteiger partial charge in [0.05, 0.1) is 26.2 Å². The molecule has 0 bridgehead atoms. The van der Waals surface area contributed by atoms with E-state index in [9.17, 15) is 28.9 Å². The van der Waals surface area contributed by atoms with Crippen LogP contribution in [-0.2, 0) is 42.2 Å². The molecule has 0 aliphatic heterocycles. The maximum Gasteiger partial charge on any atom is 0.472 e. The van der Waals surface area contributed by atoms with Gasteiger partial charge in [0.1, 0.15) is 12.7 Å². The van der Waals surface area contributed by atoms with Gasteiger partial charge in [0, 0.05) is 12.8 Å². The van der Waals surface area contributed by atoms with Crippen LogP contribution in [-0.4, -0.2) is 66.5 Å². The SMILES string of the molecule is CC/C=C\C/C=C\C/C=C\C/C=C\C/C=C\CC(=O)OCC(COP(=O)(O)OCC(CO)OC(=O)CCCCCCCCCCCCC)OC(=O)CCCCCCCCCCCCC. The molecule has 0 aromatic carbocycles. The minimum atomic E-state index is -4.75. The summed E-state index contributed by atoms with van der Waals surface area (Å²) in [5.74, 6) is -1.61. The zero-order chi connectivity index (χ0) is 47.0. The van der Waals surface area contributed by atoms with Gasteiger partial charge in [-0.15, -0.1) is 0 Å². The number of phosphoric acid groups is 1. The van der Waals surface area contributed by atoms with Crippen molar-refractivity contribution in [2.45, 2.75) is 226 Å². The van der Waals surface area contributed by atoms with Crippen LogP contribution < -0.4 is 0 Å². The van der Waals surface area contributed by atoms with Crippen molar-refractivity contribution in [1.29, 1.82) is 0 Å². The van der Waals surface area contributed by atoms with E-state index in [1.54, 1.807) is 6.08 Å². The Morgan fingerprint density at radius 1 is 0.453 bits per heavy atom. The third-order valence-corrected chi connectivity index (χ3v) is 11.4. The van der Waals surface area contributed by atoms with Gasteiger partial charge < -0.3 is 24.2 Å². The zero-order valence-electron chi connectivity index (χ0n) is 40.5. The first-order valence-corrected chi connectivity index (χ1v) is 26.7. The van der Waals surface area contributed by atoms with Gasteiger partial charge in [-0.1, -0.05) is 210 Å². The molecule has 11 nitrogen and oxygen atoms in total. The molecule has 370 valence electrons. The number of hydrogen-bond donors (Lipinski definition) is 2. The predicted molar refractivity (Wildman–Crippen MR) is 261 cm³/mol. The van der Waals surface area contributed by atoms with Crippen molar-refractivity contribution in [3.05, 3.63) is 60.8 Å². The fraction of sp³-hybridized carbons (Fsp3) is 0.750. The lowest BCUT2D eigenvalue weighted by atomic mass is 10.1. The van der Waals surface area contributed by atoms with Crippen LogP contribution in [0.5, 0.6) is 0 Å². The molecule has 0 saturated carbocycles. The van der Waals surface area contributed by atoms with Crippen molar-refractivity contribution in [1.82, 2.24) is 0 Å². The van der Waals surface area contributed by atoms with Gasteiger partial charge in [-0.2, -0.15) is 0 Å². The third kappa shape index (κ3) is 44.4. The highest BCUT2D eigenvalue weighted by Gasteiger charge is 2.28. The summed E-state index contributed by atoms with van der Waals surface area (Å²) in [6.45, 7) is 4.39. The Hall–Kier alpha value is -2.82. The number of hydrogen-bond acceptors (Lipinski definition) is 10. The molecule has 3 unspecified atom stereocenters. The van der Waals surface area contributed by atoms with Crippen LogP contribution in [0, 0.1) is 0 Å². The maximum absolute atomic E-state index is 12.8. The average Bonchev–Trinajstić information content (AvgIpc) is 3.28. The standard InChI is InChI=1S/C52H91O11P/c1-4-7-10-13-16-19-22-23-24-25-28-29-32-35-38-41-50(54)59-45-49(63-52(56)43-40-37-34-31-27-21-18-15-12-9-6-3)47-61-64(57,58)60-46-48(44-53)62-51(55)42-39-36-33-30-26-20-17-14-11-8-5-2/h7,10,16,19,23-24,28-29,35,38,48-49,53H,4-6,8-9,11-15,17-18,20-22,25-27,30-34,36-37,39-47H2,1-3H3,(H,57,58)/b10-7-,19-16-,24-23-,29-28-,38-35-. The van der Waals surface area contributed by atoms with Crippen LogP contribution in [0.25, 0.3) is 0 Å². The maximum atomic E-state index is 12.8. The molecule has 0 rings (SSSR count). The number of ether oxygens (including phenoxy) is 3. The molecule has 0 heterocycles. The van der Waals surface area contributed by atoms with Crippen LogP contribution in [0.15, 0.2) is 60.8 Å². The first kappa shape index (κ1) is 61.2. The molecule has 64 heavy (non-hydrogen) atoms. The van der Waals surface area contributed by atoms with E-state index in [1.165, 1.54) is 89.9 Å². The van der Waals surface area contributed by atoms with Gasteiger partial charge in [-0.25, -0.2) is 4.57 Å². The Kier molecular flexibility index (Phi) is 44.6. The highest BCUT2D eigenvalue weighted by Crippen LogP contribution is 2.43. The van der Waals surface area contributed by atoms with Crippen molar-refractivity contribution in [2.75, 3.05) is 26.4 Å². The Bertz CT molecular complexity index is 1310. The molecule has 0 fully saturated rings. The summed E-state index contributed by atoms with van der Waals surface area (Å²) in [6.07, 6.45) is 48.0. The molecule has 0 aromatic rings. The first-order valence-electron chi connectivity index (χ1n) is 25.2. The Morgan fingerprint density at radius 3 is 1.19 bits per heavy atom. The molecule has 0 aliphatic carbocycles. The van der Waals surface area contributed by atoms with E-state index in [0.29, 0.717) is 19.3 Å². The summed E-state index contributed by atoms with van der Waals surface area (Å²) in [7, 11) is -4.75. The second-order valence-corrected chi connectivity index (χ2v) is 18.1. The van der Waals surface area contributed by atoms with Crippen LogP contribution in [0.4, 0.5) is 0 Å². The fourth-order valence-electron chi connectivity index (χ4n) is 6.66. The van der Waals surface area contributed by atoms with Crippen molar-refractivity contribution in [3.63, 3.8) is 0 Å². The van der Waals surface area contributed by atoms with Crippen LogP contribution >= 0.6 is 7.82 Å². The van der Waals surface area contributed by atoms with Crippen molar-refractivity contribution < 1.29 is 52.2 Å². The monoisotopic (exact) mass is 923 g/mol. The normalized spacial score (nSPS) is 14.0. The van der Waals surface area contributed by atoms with E-state index in [0.717, 1.165) is 64.2 Å². The highest BCUT2D eigenvalue weighted by atomic mass is 31.2. The van der Waals surface area contributed by atoms with Gasteiger partial charge in [-0.3, -0.25) is 23.4 Å². The summed E-state index contributed by atoms with van der Waals surface area (Å²) in [4.78, 5) is 48.1. The van der Waals surface area contributed by atoms with Gasteiger partial charge >= 0.3 is 25.7 Å². The van der Waals surface area contributed by atoms with Crippen LogP contribution in [0.1, 0.15) is 213 Å². The molecular formula is C52H91O11P. The number of carbonyl (C=O) groups is 3.